The molecule has 0 aliphatic rings. The van der Waals surface area contributed by atoms with Crippen LogP contribution in [0, 0.1) is 5.82 Å². The van der Waals surface area contributed by atoms with Crippen molar-refractivity contribution >= 4 is 5.91 Å². The van der Waals surface area contributed by atoms with Crippen molar-refractivity contribution in [2.45, 2.75) is 19.4 Å². The van der Waals surface area contributed by atoms with Gasteiger partial charge in [0.1, 0.15) is 5.82 Å². The molecule has 1 N–H and O–H groups in total. The van der Waals surface area contributed by atoms with E-state index < -0.39 is 0 Å². The van der Waals surface area contributed by atoms with Gasteiger partial charge in [-0.05, 0) is 36.8 Å². The van der Waals surface area contributed by atoms with Crippen molar-refractivity contribution in [3.63, 3.8) is 0 Å². The molecule has 2 aromatic carbocycles. The fourth-order valence-electron chi connectivity index (χ4n) is 2.25. The largest absolute Gasteiger partial charge is 0.348 e. The maximum absolute atomic E-state index is 12.9. The summed E-state index contributed by atoms with van der Waals surface area (Å²) >= 11 is 0. The van der Waals surface area contributed by atoms with Gasteiger partial charge >= 0.3 is 0 Å². The monoisotopic (exact) mass is 325 g/mol. The Morgan fingerprint density at radius 3 is 2.58 bits per heavy atom. The molecular formula is C18H16FN3O2. The Morgan fingerprint density at radius 1 is 1.17 bits per heavy atom. The van der Waals surface area contributed by atoms with Crippen molar-refractivity contribution in [2.24, 2.45) is 0 Å². The van der Waals surface area contributed by atoms with Crippen LogP contribution in [-0.2, 0) is 11.3 Å². The summed E-state index contributed by atoms with van der Waals surface area (Å²) in [6.07, 6.45) is 0. The molecule has 0 aliphatic heterocycles. The lowest BCUT2D eigenvalue weighted by Crippen LogP contribution is -2.27. The number of hydrogen-bond acceptors (Lipinski definition) is 4. The maximum Gasteiger partial charge on any atom is 0.257 e. The smallest absolute Gasteiger partial charge is 0.257 e. The summed E-state index contributed by atoms with van der Waals surface area (Å²) < 4.78 is 18.1. The Balaban J connectivity index is 1.61. The van der Waals surface area contributed by atoms with Crippen molar-refractivity contribution in [2.75, 3.05) is 0 Å². The van der Waals surface area contributed by atoms with E-state index in [0.717, 1.165) is 5.56 Å². The van der Waals surface area contributed by atoms with Crippen LogP contribution >= 0.6 is 0 Å². The van der Waals surface area contributed by atoms with E-state index in [0.29, 0.717) is 11.4 Å². The second-order valence-corrected chi connectivity index (χ2v) is 5.37. The highest BCUT2D eigenvalue weighted by molar-refractivity contribution is 5.83. The molecule has 3 rings (SSSR count). The number of carbonyl (C=O) groups excluding carboxylic acids is 1. The highest BCUT2D eigenvalue weighted by Gasteiger charge is 2.16. The number of halogens is 1. The third kappa shape index (κ3) is 3.65. The fraction of sp³-hybridized carbons (Fsp3) is 0.167. The van der Waals surface area contributed by atoms with Gasteiger partial charge < -0.3 is 9.84 Å². The first-order chi connectivity index (χ1) is 11.6. The van der Waals surface area contributed by atoms with Crippen LogP contribution in [0.4, 0.5) is 4.39 Å². The van der Waals surface area contributed by atoms with Crippen LogP contribution in [0.25, 0.3) is 11.5 Å². The van der Waals surface area contributed by atoms with Crippen LogP contribution in [0.2, 0.25) is 0 Å². The Morgan fingerprint density at radius 2 is 1.88 bits per heavy atom. The van der Waals surface area contributed by atoms with Gasteiger partial charge in [0.05, 0.1) is 12.5 Å². The molecule has 1 aromatic heterocycles. The van der Waals surface area contributed by atoms with Gasteiger partial charge in [0.15, 0.2) is 5.82 Å². The normalized spacial score (nSPS) is 11.9. The van der Waals surface area contributed by atoms with Crippen LogP contribution in [0.5, 0.6) is 0 Å². The van der Waals surface area contributed by atoms with Crippen molar-refractivity contribution in [3.05, 3.63) is 71.8 Å². The predicted octanol–water partition coefficient (Wildman–Crippen LogP) is 3.30. The molecule has 3 aromatic rings. The lowest BCUT2D eigenvalue weighted by molar-refractivity contribution is -0.122. The van der Waals surface area contributed by atoms with Crippen LogP contribution < -0.4 is 5.32 Å². The molecule has 0 saturated carbocycles. The molecule has 1 atom stereocenters. The van der Waals surface area contributed by atoms with Gasteiger partial charge in [-0.25, -0.2) is 4.39 Å². The highest BCUT2D eigenvalue weighted by atomic mass is 19.1. The molecule has 0 radical (unpaired) electrons. The Kier molecular flexibility index (Phi) is 4.65. The SMILES string of the molecule is CC(C(=O)NCc1noc(-c2ccc(F)cc2)n1)c1ccccc1. The second-order valence-electron chi connectivity index (χ2n) is 5.37. The van der Waals surface area contributed by atoms with Crippen LogP contribution in [0.1, 0.15) is 24.2 Å². The van der Waals surface area contributed by atoms with Crippen LogP contribution in [-0.4, -0.2) is 16.0 Å². The number of rotatable bonds is 5. The van der Waals surface area contributed by atoms with E-state index in [-0.39, 0.29) is 30.1 Å². The predicted molar refractivity (Wildman–Crippen MR) is 86.4 cm³/mol. The van der Waals surface area contributed by atoms with Gasteiger partial charge in [0.25, 0.3) is 5.89 Å². The number of carbonyl (C=O) groups is 1. The van der Waals surface area contributed by atoms with E-state index in [9.17, 15) is 9.18 Å². The molecule has 1 unspecified atom stereocenters. The first-order valence-corrected chi connectivity index (χ1v) is 7.54. The van der Waals surface area contributed by atoms with Crippen molar-refractivity contribution in [3.8, 4) is 11.5 Å². The van der Waals surface area contributed by atoms with E-state index in [1.54, 1.807) is 12.1 Å². The molecule has 122 valence electrons. The zero-order valence-corrected chi connectivity index (χ0v) is 13.1. The standard InChI is InChI=1S/C18H16FN3O2/c1-12(13-5-3-2-4-6-13)17(23)20-11-16-21-18(24-22-16)14-7-9-15(19)10-8-14/h2-10,12H,11H2,1H3,(H,20,23). The van der Waals surface area contributed by atoms with Gasteiger partial charge in [-0.2, -0.15) is 4.98 Å². The molecular weight excluding hydrogens is 309 g/mol. The molecule has 0 fully saturated rings. The Hall–Kier alpha value is -3.02. The Labute approximate surface area is 138 Å². The highest BCUT2D eigenvalue weighted by Crippen LogP contribution is 2.18. The van der Waals surface area contributed by atoms with Crippen molar-refractivity contribution in [1.29, 1.82) is 0 Å². The topological polar surface area (TPSA) is 68.0 Å². The third-order valence-electron chi connectivity index (χ3n) is 3.67. The molecule has 0 aliphatic carbocycles. The molecule has 0 saturated heterocycles. The van der Waals surface area contributed by atoms with E-state index in [1.807, 2.05) is 37.3 Å². The molecule has 1 heterocycles. The van der Waals surface area contributed by atoms with E-state index in [1.165, 1.54) is 12.1 Å². The summed E-state index contributed by atoms with van der Waals surface area (Å²) in [6, 6.07) is 15.3. The number of nitrogens with zero attached hydrogens (tertiary/aromatic N) is 2. The maximum atomic E-state index is 12.9. The first kappa shape index (κ1) is 15.9. The summed E-state index contributed by atoms with van der Waals surface area (Å²) in [4.78, 5) is 16.4. The zero-order valence-electron chi connectivity index (χ0n) is 13.1. The fourth-order valence-corrected chi connectivity index (χ4v) is 2.25. The molecule has 24 heavy (non-hydrogen) atoms. The quantitative estimate of drug-likeness (QED) is 0.781. The lowest BCUT2D eigenvalue weighted by Gasteiger charge is -2.11. The molecule has 0 spiro atoms. The third-order valence-corrected chi connectivity index (χ3v) is 3.67. The molecule has 5 nitrogen and oxygen atoms in total. The molecule has 6 heteroatoms. The average molecular weight is 325 g/mol. The first-order valence-electron chi connectivity index (χ1n) is 7.54. The van der Waals surface area contributed by atoms with Crippen LogP contribution in [0.3, 0.4) is 0 Å². The number of benzene rings is 2. The van der Waals surface area contributed by atoms with Gasteiger partial charge in [-0.1, -0.05) is 35.5 Å². The number of aromatic nitrogens is 2. The van der Waals surface area contributed by atoms with Gasteiger partial charge in [-0.3, -0.25) is 4.79 Å². The summed E-state index contributed by atoms with van der Waals surface area (Å²) in [7, 11) is 0. The minimum Gasteiger partial charge on any atom is -0.348 e. The molecule has 0 bridgehead atoms. The van der Waals surface area contributed by atoms with Gasteiger partial charge in [-0.15, -0.1) is 0 Å². The summed E-state index contributed by atoms with van der Waals surface area (Å²) in [6.45, 7) is 2.01. The minimum atomic E-state index is -0.333. The van der Waals surface area contributed by atoms with E-state index in [2.05, 4.69) is 15.5 Å². The Bertz CT molecular complexity index is 816. The number of hydrogen-bond donors (Lipinski definition) is 1. The summed E-state index contributed by atoms with van der Waals surface area (Å²) in [5.41, 5.74) is 1.56. The number of nitrogens with one attached hydrogen (secondary N) is 1. The van der Waals surface area contributed by atoms with Gasteiger partial charge in [0.2, 0.25) is 5.91 Å². The lowest BCUT2D eigenvalue weighted by atomic mass is 10.0. The van der Waals surface area contributed by atoms with E-state index in [4.69, 9.17) is 4.52 Å². The number of amides is 1. The van der Waals surface area contributed by atoms with Crippen LogP contribution in [0.15, 0.2) is 59.1 Å². The second kappa shape index (κ2) is 7.04. The van der Waals surface area contributed by atoms with E-state index >= 15 is 0 Å². The average Bonchev–Trinajstić information content (AvgIpc) is 3.09. The summed E-state index contributed by atoms with van der Waals surface area (Å²) in [5.74, 6) is -0.0667. The zero-order chi connectivity index (χ0) is 16.9. The van der Waals surface area contributed by atoms with Crippen molar-refractivity contribution in [1.82, 2.24) is 15.5 Å². The summed E-state index contributed by atoms with van der Waals surface area (Å²) in [5, 5.41) is 6.61. The molecule has 1 amide bonds. The van der Waals surface area contributed by atoms with Gasteiger partial charge in [0, 0.05) is 5.56 Å². The minimum absolute atomic E-state index is 0.116. The van der Waals surface area contributed by atoms with Crippen molar-refractivity contribution < 1.29 is 13.7 Å².